The normalized spacial score (nSPS) is 22.2. The van der Waals surface area contributed by atoms with Gasteiger partial charge < -0.3 is 10.2 Å². The van der Waals surface area contributed by atoms with Gasteiger partial charge in [-0.3, -0.25) is 9.59 Å². The molecule has 0 aromatic rings. The van der Waals surface area contributed by atoms with Crippen LogP contribution in [0.4, 0.5) is 0 Å². The fraction of sp³-hybridized carbons (Fsp3) is 0.750. The van der Waals surface area contributed by atoms with E-state index in [0.29, 0.717) is 13.1 Å². The summed E-state index contributed by atoms with van der Waals surface area (Å²) in [6, 6.07) is 0. The molecular formula is C8H14N2O2S. The zero-order valence-electron chi connectivity index (χ0n) is 7.87. The molecule has 0 aromatic heterocycles. The van der Waals surface area contributed by atoms with Crippen LogP contribution < -0.4 is 5.32 Å². The Labute approximate surface area is 82.0 Å². The van der Waals surface area contributed by atoms with Crippen molar-refractivity contribution in [2.45, 2.75) is 19.1 Å². The molecule has 0 radical (unpaired) electrons. The first-order valence-electron chi connectivity index (χ1n) is 4.26. The third-order valence-corrected chi connectivity index (χ3v) is 3.06. The van der Waals surface area contributed by atoms with E-state index in [0.717, 1.165) is 5.88 Å². The Morgan fingerprint density at radius 2 is 2.46 bits per heavy atom. The quantitative estimate of drug-likeness (QED) is 0.703. The highest BCUT2D eigenvalue weighted by Gasteiger charge is 2.27. The first kappa shape index (κ1) is 10.4. The van der Waals surface area contributed by atoms with Gasteiger partial charge in [-0.25, -0.2) is 0 Å². The first-order valence-corrected chi connectivity index (χ1v) is 5.31. The van der Waals surface area contributed by atoms with Gasteiger partial charge in [-0.15, -0.1) is 11.8 Å². The summed E-state index contributed by atoms with van der Waals surface area (Å²) in [5.74, 6) is 0.877. The second-order valence-electron chi connectivity index (χ2n) is 3.02. The molecule has 1 saturated heterocycles. The van der Waals surface area contributed by atoms with Gasteiger partial charge >= 0.3 is 0 Å². The molecule has 2 amide bonds. The summed E-state index contributed by atoms with van der Waals surface area (Å²) >= 11 is 1.64. The molecule has 0 aromatic carbocycles. The highest BCUT2D eigenvalue weighted by molar-refractivity contribution is 8.01. The minimum absolute atomic E-state index is 0.0488. The van der Waals surface area contributed by atoms with Gasteiger partial charge in [0.25, 0.3) is 0 Å². The molecule has 5 heteroatoms. The van der Waals surface area contributed by atoms with Gasteiger partial charge in [0.1, 0.15) is 0 Å². The maximum absolute atomic E-state index is 11.4. The lowest BCUT2D eigenvalue weighted by atomic mass is 10.4. The van der Waals surface area contributed by atoms with Crippen LogP contribution in [0.3, 0.4) is 0 Å². The molecule has 1 unspecified atom stereocenters. The van der Waals surface area contributed by atoms with Crippen LogP contribution in [0, 0.1) is 0 Å². The fourth-order valence-electron chi connectivity index (χ4n) is 1.14. The van der Waals surface area contributed by atoms with Gasteiger partial charge in [-0.2, -0.15) is 0 Å². The Balaban J connectivity index is 2.23. The zero-order chi connectivity index (χ0) is 9.84. The smallest absolute Gasteiger partial charge is 0.236 e. The highest BCUT2D eigenvalue weighted by atomic mass is 32.2. The first-order chi connectivity index (χ1) is 6.11. The zero-order valence-corrected chi connectivity index (χ0v) is 8.69. The molecule has 13 heavy (non-hydrogen) atoms. The molecule has 1 N–H and O–H groups in total. The number of hydrogen-bond acceptors (Lipinski definition) is 3. The average molecular weight is 202 g/mol. The molecule has 1 aliphatic heterocycles. The van der Waals surface area contributed by atoms with Gasteiger partial charge in [-0.1, -0.05) is 0 Å². The monoisotopic (exact) mass is 202 g/mol. The van der Waals surface area contributed by atoms with Gasteiger partial charge in [0.05, 0.1) is 11.1 Å². The largest absolute Gasteiger partial charge is 0.355 e. The molecule has 1 rings (SSSR count). The molecule has 1 aliphatic rings. The maximum Gasteiger partial charge on any atom is 0.236 e. The SMILES string of the molecule is CC(=O)NCCN1CSC(C)C1=O. The maximum atomic E-state index is 11.4. The van der Waals surface area contributed by atoms with Crippen molar-refractivity contribution >= 4 is 23.6 Å². The van der Waals surface area contributed by atoms with Crippen LogP contribution in [0.25, 0.3) is 0 Å². The summed E-state index contributed by atoms with van der Waals surface area (Å²) in [5, 5.41) is 2.75. The predicted octanol–water partition coefficient (Wildman–Crippen LogP) is 0.0439. The van der Waals surface area contributed by atoms with Crippen molar-refractivity contribution in [3.8, 4) is 0 Å². The number of carbonyl (C=O) groups is 2. The van der Waals surface area contributed by atoms with Gasteiger partial charge in [0.2, 0.25) is 11.8 Å². The third-order valence-electron chi connectivity index (χ3n) is 1.90. The van der Waals surface area contributed by atoms with Crippen LogP contribution in [0.5, 0.6) is 0 Å². The van der Waals surface area contributed by atoms with Crippen molar-refractivity contribution in [2.24, 2.45) is 0 Å². The summed E-state index contributed by atoms with van der Waals surface area (Å²) in [6.07, 6.45) is 0. The minimum Gasteiger partial charge on any atom is -0.355 e. The van der Waals surface area contributed by atoms with Crippen LogP contribution in [-0.4, -0.2) is 40.9 Å². The van der Waals surface area contributed by atoms with E-state index in [2.05, 4.69) is 5.32 Å². The van der Waals surface area contributed by atoms with E-state index in [4.69, 9.17) is 0 Å². The van der Waals surface area contributed by atoms with Gasteiger partial charge in [-0.05, 0) is 6.92 Å². The Bertz CT molecular complexity index is 220. The van der Waals surface area contributed by atoms with E-state index in [1.165, 1.54) is 6.92 Å². The van der Waals surface area contributed by atoms with Crippen LogP contribution in [-0.2, 0) is 9.59 Å². The molecule has 74 valence electrons. The van der Waals surface area contributed by atoms with Crippen molar-refractivity contribution < 1.29 is 9.59 Å². The second kappa shape index (κ2) is 4.50. The molecular weight excluding hydrogens is 188 g/mol. The van der Waals surface area contributed by atoms with E-state index in [-0.39, 0.29) is 17.1 Å². The Morgan fingerprint density at radius 1 is 1.77 bits per heavy atom. The van der Waals surface area contributed by atoms with E-state index >= 15 is 0 Å². The molecule has 1 atom stereocenters. The third kappa shape index (κ3) is 2.91. The lowest BCUT2D eigenvalue weighted by molar-refractivity contribution is -0.128. The molecule has 1 fully saturated rings. The summed E-state index contributed by atoms with van der Waals surface area (Å²) < 4.78 is 0. The number of nitrogens with zero attached hydrogens (tertiary/aromatic N) is 1. The summed E-state index contributed by atoms with van der Waals surface area (Å²) in [6.45, 7) is 4.55. The van der Waals surface area contributed by atoms with E-state index < -0.39 is 0 Å². The number of rotatable bonds is 3. The van der Waals surface area contributed by atoms with Crippen LogP contribution in [0.1, 0.15) is 13.8 Å². The van der Waals surface area contributed by atoms with Gasteiger partial charge in [0, 0.05) is 20.0 Å². The Morgan fingerprint density at radius 3 is 2.92 bits per heavy atom. The molecule has 0 aliphatic carbocycles. The van der Waals surface area contributed by atoms with Crippen LogP contribution in [0.15, 0.2) is 0 Å². The average Bonchev–Trinajstić information content (AvgIpc) is 2.35. The van der Waals surface area contributed by atoms with Gasteiger partial charge in [0.15, 0.2) is 0 Å². The van der Waals surface area contributed by atoms with Crippen LogP contribution >= 0.6 is 11.8 Å². The number of amides is 2. The summed E-state index contributed by atoms with van der Waals surface area (Å²) in [5.41, 5.74) is 0. The molecule has 1 heterocycles. The van der Waals surface area contributed by atoms with E-state index in [9.17, 15) is 9.59 Å². The number of nitrogens with one attached hydrogen (secondary N) is 1. The Hall–Kier alpha value is -0.710. The van der Waals surface area contributed by atoms with Crippen molar-refractivity contribution in [2.75, 3.05) is 19.0 Å². The second-order valence-corrected chi connectivity index (χ2v) is 4.32. The standard InChI is InChI=1S/C8H14N2O2S/c1-6-8(12)10(5-13-6)4-3-9-7(2)11/h6H,3-5H2,1-2H3,(H,9,11). The predicted molar refractivity (Wildman–Crippen MR) is 52.3 cm³/mol. The topological polar surface area (TPSA) is 49.4 Å². The van der Waals surface area contributed by atoms with Crippen LogP contribution in [0.2, 0.25) is 0 Å². The fourth-order valence-corrected chi connectivity index (χ4v) is 2.09. The lowest BCUT2D eigenvalue weighted by Crippen LogP contribution is -2.36. The minimum atomic E-state index is -0.0488. The van der Waals surface area contributed by atoms with E-state index in [1.807, 2.05) is 6.92 Å². The van der Waals surface area contributed by atoms with Crippen molar-refractivity contribution in [3.63, 3.8) is 0 Å². The van der Waals surface area contributed by atoms with Crippen molar-refractivity contribution in [1.82, 2.24) is 10.2 Å². The highest BCUT2D eigenvalue weighted by Crippen LogP contribution is 2.22. The molecule has 4 nitrogen and oxygen atoms in total. The van der Waals surface area contributed by atoms with Crippen molar-refractivity contribution in [3.05, 3.63) is 0 Å². The Kier molecular flexibility index (Phi) is 3.59. The van der Waals surface area contributed by atoms with Crippen molar-refractivity contribution in [1.29, 1.82) is 0 Å². The molecule has 0 spiro atoms. The molecule has 0 saturated carbocycles. The number of hydrogen-bond donors (Lipinski definition) is 1. The summed E-state index contributed by atoms with van der Waals surface area (Å²) in [4.78, 5) is 23.7. The summed E-state index contributed by atoms with van der Waals surface area (Å²) in [7, 11) is 0. The number of carbonyl (C=O) groups excluding carboxylic acids is 2. The lowest BCUT2D eigenvalue weighted by Gasteiger charge is -2.14. The number of thioether (sulfide) groups is 1. The van der Waals surface area contributed by atoms with E-state index in [1.54, 1.807) is 16.7 Å². The molecule has 0 bridgehead atoms.